The smallest absolute Gasteiger partial charge is 0.276 e. The number of hydrogen-bond acceptors (Lipinski definition) is 5. The van der Waals surface area contributed by atoms with Crippen molar-refractivity contribution in [2.45, 2.75) is 25.8 Å². The lowest BCUT2D eigenvalue weighted by atomic mass is 10.0. The van der Waals surface area contributed by atoms with Crippen LogP contribution in [-0.2, 0) is 4.79 Å². The van der Waals surface area contributed by atoms with Crippen molar-refractivity contribution in [2.75, 3.05) is 47.9 Å². The monoisotopic (exact) mass is 360 g/mol. The van der Waals surface area contributed by atoms with Gasteiger partial charge < -0.3 is 19.4 Å². The Morgan fingerprint density at radius 3 is 2.46 bits per heavy atom. The molecule has 142 valence electrons. The van der Waals surface area contributed by atoms with E-state index in [4.69, 9.17) is 4.74 Å². The Labute approximate surface area is 154 Å². The van der Waals surface area contributed by atoms with Crippen molar-refractivity contribution in [3.8, 4) is 5.75 Å². The normalized spacial score (nSPS) is 18.5. The number of likely N-dealkylation sites (tertiary alicyclic amines) is 1. The molecular weight excluding hydrogens is 332 g/mol. The third-order valence-electron chi connectivity index (χ3n) is 5.36. The molecule has 1 saturated heterocycles. The summed E-state index contributed by atoms with van der Waals surface area (Å²) in [5.41, 5.74) is 0.897. The molecule has 1 aromatic heterocycles. The van der Waals surface area contributed by atoms with Gasteiger partial charge in [0.05, 0.1) is 18.6 Å². The van der Waals surface area contributed by atoms with E-state index in [1.807, 2.05) is 39.0 Å². The molecule has 0 N–H and O–H groups in total. The highest BCUT2D eigenvalue weighted by Crippen LogP contribution is 2.48. The van der Waals surface area contributed by atoms with Gasteiger partial charge in [0.15, 0.2) is 5.69 Å². The molecule has 2 heterocycles. The lowest BCUT2D eigenvalue weighted by molar-refractivity contribution is -0.141. The summed E-state index contributed by atoms with van der Waals surface area (Å²) in [7, 11) is 7.39. The molecule has 1 aromatic rings. The molecule has 2 fully saturated rings. The lowest BCUT2D eigenvalue weighted by Gasteiger charge is -2.45. The summed E-state index contributed by atoms with van der Waals surface area (Å²) in [4.78, 5) is 35.5. The van der Waals surface area contributed by atoms with Gasteiger partial charge in [0.1, 0.15) is 5.75 Å². The third kappa shape index (κ3) is 3.40. The van der Waals surface area contributed by atoms with Crippen molar-refractivity contribution < 1.29 is 14.3 Å². The van der Waals surface area contributed by atoms with Crippen molar-refractivity contribution in [3.63, 3.8) is 0 Å². The number of rotatable bonds is 6. The van der Waals surface area contributed by atoms with Crippen LogP contribution in [0.1, 0.15) is 29.0 Å². The minimum Gasteiger partial charge on any atom is -0.494 e. The summed E-state index contributed by atoms with van der Waals surface area (Å²) in [6.07, 6.45) is 1.91. The first-order chi connectivity index (χ1) is 12.3. The summed E-state index contributed by atoms with van der Waals surface area (Å²) < 4.78 is 5.26. The highest BCUT2D eigenvalue weighted by molar-refractivity contribution is 5.96. The highest BCUT2D eigenvalue weighted by Gasteiger charge is 2.53. The maximum absolute atomic E-state index is 12.9. The van der Waals surface area contributed by atoms with E-state index < -0.39 is 0 Å². The van der Waals surface area contributed by atoms with Crippen LogP contribution >= 0.6 is 0 Å². The van der Waals surface area contributed by atoms with Gasteiger partial charge in [0, 0.05) is 32.4 Å². The average Bonchev–Trinajstić information content (AvgIpc) is 3.32. The Balaban J connectivity index is 1.61. The molecule has 0 bridgehead atoms. The highest BCUT2D eigenvalue weighted by atomic mass is 16.5. The van der Waals surface area contributed by atoms with E-state index >= 15 is 0 Å². The minimum absolute atomic E-state index is 0.0712. The first-order valence-corrected chi connectivity index (χ1v) is 9.00. The minimum atomic E-state index is -0.218. The fraction of sp³-hybridized carbons (Fsp3) is 0.632. The maximum Gasteiger partial charge on any atom is 0.276 e. The average molecular weight is 360 g/mol. The number of methoxy groups -OCH3 is 1. The molecule has 1 aliphatic heterocycles. The van der Waals surface area contributed by atoms with Crippen LogP contribution in [0.25, 0.3) is 0 Å². The number of likely N-dealkylation sites (N-methyl/N-ethyl adjacent to an activating group) is 1. The molecule has 0 atom stereocenters. The predicted molar refractivity (Wildman–Crippen MR) is 98.2 cm³/mol. The number of ether oxygens (including phenoxy) is 1. The fourth-order valence-corrected chi connectivity index (χ4v) is 3.61. The summed E-state index contributed by atoms with van der Waals surface area (Å²) in [5.74, 6) is 0.544. The van der Waals surface area contributed by atoms with Crippen molar-refractivity contribution in [3.05, 3.63) is 23.5 Å². The van der Waals surface area contributed by atoms with Gasteiger partial charge >= 0.3 is 0 Å². The molecule has 2 aliphatic rings. The molecule has 7 nitrogen and oxygen atoms in total. The summed E-state index contributed by atoms with van der Waals surface area (Å²) >= 11 is 0. The third-order valence-corrected chi connectivity index (χ3v) is 5.36. The quantitative estimate of drug-likeness (QED) is 0.758. The molecule has 2 amide bonds. The van der Waals surface area contributed by atoms with Gasteiger partial charge in [-0.05, 0) is 46.0 Å². The number of hydrogen-bond donors (Lipinski definition) is 0. The van der Waals surface area contributed by atoms with E-state index in [1.54, 1.807) is 11.0 Å². The van der Waals surface area contributed by atoms with Crippen molar-refractivity contribution >= 4 is 11.8 Å². The van der Waals surface area contributed by atoms with Gasteiger partial charge in [-0.1, -0.05) is 0 Å². The Bertz CT molecular complexity index is 709. The van der Waals surface area contributed by atoms with E-state index in [0.29, 0.717) is 24.5 Å². The SMILES string of the molecule is COc1ccc(C)nc1C(=O)N1CC(N(C)C(=O)C2(CN(C)C)CC2)C1. The molecule has 1 aliphatic carbocycles. The zero-order valence-electron chi connectivity index (χ0n) is 16.3. The van der Waals surface area contributed by atoms with E-state index in [0.717, 1.165) is 25.1 Å². The molecule has 0 aromatic carbocycles. The predicted octanol–water partition coefficient (Wildman–Crippen LogP) is 1.02. The number of carbonyl (C=O) groups excluding carboxylic acids is 2. The number of nitrogens with zero attached hydrogens (tertiary/aromatic N) is 4. The summed E-state index contributed by atoms with van der Waals surface area (Å²) in [6.45, 7) is 3.72. The first kappa shape index (κ1) is 18.6. The topological polar surface area (TPSA) is 66.0 Å². The van der Waals surface area contributed by atoms with Crippen LogP contribution in [-0.4, -0.2) is 85.4 Å². The van der Waals surface area contributed by atoms with Crippen LogP contribution in [0.2, 0.25) is 0 Å². The summed E-state index contributed by atoms with van der Waals surface area (Å²) in [6, 6.07) is 3.66. The van der Waals surface area contributed by atoms with E-state index in [-0.39, 0.29) is 23.3 Å². The van der Waals surface area contributed by atoms with E-state index in [9.17, 15) is 9.59 Å². The number of pyridine rings is 1. The zero-order valence-corrected chi connectivity index (χ0v) is 16.3. The second-order valence-corrected chi connectivity index (χ2v) is 7.80. The molecule has 3 rings (SSSR count). The van der Waals surface area contributed by atoms with Gasteiger partial charge in [-0.2, -0.15) is 0 Å². The van der Waals surface area contributed by atoms with Crippen molar-refractivity contribution in [2.24, 2.45) is 5.41 Å². The fourth-order valence-electron chi connectivity index (χ4n) is 3.61. The molecule has 26 heavy (non-hydrogen) atoms. The van der Waals surface area contributed by atoms with Gasteiger partial charge in [-0.15, -0.1) is 0 Å². The van der Waals surface area contributed by atoms with E-state index in [2.05, 4.69) is 9.88 Å². The summed E-state index contributed by atoms with van der Waals surface area (Å²) in [5, 5.41) is 0. The number of carbonyl (C=O) groups is 2. The number of aryl methyl sites for hydroxylation is 1. The standard InChI is InChI=1S/C19H28N4O3/c1-13-6-7-15(26-5)16(20-13)17(24)23-10-14(11-23)22(4)18(25)19(8-9-19)12-21(2)3/h6-7,14H,8-12H2,1-5H3. The van der Waals surface area contributed by atoms with E-state index in [1.165, 1.54) is 7.11 Å². The Morgan fingerprint density at radius 2 is 1.92 bits per heavy atom. The lowest BCUT2D eigenvalue weighted by Crippen LogP contribution is -2.62. The van der Waals surface area contributed by atoms with Crippen LogP contribution in [0.15, 0.2) is 12.1 Å². The second-order valence-electron chi connectivity index (χ2n) is 7.80. The van der Waals surface area contributed by atoms with Gasteiger partial charge in [0.25, 0.3) is 5.91 Å². The largest absolute Gasteiger partial charge is 0.494 e. The number of amides is 2. The molecule has 1 saturated carbocycles. The Hall–Kier alpha value is -2.15. The Morgan fingerprint density at radius 1 is 1.27 bits per heavy atom. The molecular formula is C19H28N4O3. The van der Waals surface area contributed by atoms with Crippen LogP contribution in [0.3, 0.4) is 0 Å². The Kier molecular flexibility index (Phi) is 4.92. The maximum atomic E-state index is 12.9. The second kappa shape index (κ2) is 6.87. The van der Waals surface area contributed by atoms with Crippen LogP contribution in [0, 0.1) is 12.3 Å². The van der Waals surface area contributed by atoms with Crippen LogP contribution in [0.4, 0.5) is 0 Å². The molecule has 0 radical (unpaired) electrons. The van der Waals surface area contributed by atoms with Crippen molar-refractivity contribution in [1.29, 1.82) is 0 Å². The van der Waals surface area contributed by atoms with Crippen molar-refractivity contribution in [1.82, 2.24) is 19.7 Å². The van der Waals surface area contributed by atoms with Gasteiger partial charge in [-0.3, -0.25) is 9.59 Å². The van der Waals surface area contributed by atoms with Gasteiger partial charge in [0.2, 0.25) is 5.91 Å². The molecule has 7 heteroatoms. The van der Waals surface area contributed by atoms with Crippen LogP contribution in [0.5, 0.6) is 5.75 Å². The molecule has 0 spiro atoms. The van der Waals surface area contributed by atoms with Crippen LogP contribution < -0.4 is 4.74 Å². The van der Waals surface area contributed by atoms with Gasteiger partial charge in [-0.25, -0.2) is 4.98 Å². The first-order valence-electron chi connectivity index (χ1n) is 9.00. The zero-order chi connectivity index (χ0) is 19.1. The molecule has 0 unspecified atom stereocenters. The number of aromatic nitrogens is 1.